The molecule has 1 heterocycles. The summed E-state index contributed by atoms with van der Waals surface area (Å²) in [5.74, 6) is 0. The molecule has 0 atom stereocenters. The average molecular weight is 194 g/mol. The topological polar surface area (TPSA) is 0 Å². The van der Waals surface area contributed by atoms with Crippen LogP contribution < -0.4 is 0 Å². The second kappa shape index (κ2) is 5.98. The molecule has 0 bridgehead atoms. The first kappa shape index (κ1) is 10.5. The number of hydrogen-bond donors (Lipinski definition) is 0. The molecule has 13 heavy (non-hydrogen) atoms. The Kier molecular flexibility index (Phi) is 4.84. The maximum absolute atomic E-state index is 2.40. The summed E-state index contributed by atoms with van der Waals surface area (Å²) >= 11 is 1.85. The van der Waals surface area contributed by atoms with E-state index in [2.05, 4.69) is 37.4 Å². The van der Waals surface area contributed by atoms with Gasteiger partial charge in [-0.05, 0) is 29.9 Å². The fourth-order valence-electron chi connectivity index (χ4n) is 1.38. The van der Waals surface area contributed by atoms with Gasteiger partial charge in [0.2, 0.25) is 0 Å². The maximum Gasteiger partial charge on any atom is 0.0299 e. The number of hydrogen-bond acceptors (Lipinski definition) is 1. The van der Waals surface area contributed by atoms with Gasteiger partial charge in [0.05, 0.1) is 0 Å². The third-order valence-corrected chi connectivity index (χ3v) is 2.98. The zero-order valence-corrected chi connectivity index (χ0v) is 9.36. The quantitative estimate of drug-likeness (QED) is 0.635. The molecule has 0 aliphatic carbocycles. The summed E-state index contributed by atoms with van der Waals surface area (Å²) in [7, 11) is 0. The Morgan fingerprint density at radius 3 is 2.77 bits per heavy atom. The van der Waals surface area contributed by atoms with Gasteiger partial charge in [0, 0.05) is 4.88 Å². The van der Waals surface area contributed by atoms with Crippen molar-refractivity contribution in [2.24, 2.45) is 0 Å². The lowest BCUT2D eigenvalue weighted by molar-refractivity contribution is 0.935. The lowest BCUT2D eigenvalue weighted by Gasteiger charge is -2.02. The summed E-state index contributed by atoms with van der Waals surface area (Å²) in [6.07, 6.45) is 7.33. The van der Waals surface area contributed by atoms with E-state index in [0.717, 1.165) is 0 Å². The summed E-state index contributed by atoms with van der Waals surface area (Å²) in [6, 6.07) is 4.36. The number of allylic oxidation sites excluding steroid dienone is 2. The highest BCUT2D eigenvalue weighted by Crippen LogP contribution is 2.24. The van der Waals surface area contributed by atoms with Gasteiger partial charge in [0.25, 0.3) is 0 Å². The van der Waals surface area contributed by atoms with E-state index in [4.69, 9.17) is 0 Å². The smallest absolute Gasteiger partial charge is 0.0299 e. The van der Waals surface area contributed by atoms with Crippen LogP contribution in [0.25, 0.3) is 5.57 Å². The average Bonchev–Trinajstić information content (AvgIpc) is 2.65. The van der Waals surface area contributed by atoms with Crippen LogP contribution in [0.5, 0.6) is 0 Å². The fraction of sp³-hybridized carbons (Fsp3) is 0.500. The minimum Gasteiger partial charge on any atom is -0.144 e. The van der Waals surface area contributed by atoms with Gasteiger partial charge in [-0.3, -0.25) is 0 Å². The van der Waals surface area contributed by atoms with Crippen LogP contribution in [0.2, 0.25) is 0 Å². The normalized spacial score (nSPS) is 12.0. The van der Waals surface area contributed by atoms with Crippen LogP contribution >= 0.6 is 11.3 Å². The van der Waals surface area contributed by atoms with Crippen molar-refractivity contribution in [1.82, 2.24) is 0 Å². The molecule has 0 aromatic carbocycles. The lowest BCUT2D eigenvalue weighted by Crippen LogP contribution is -1.79. The fourth-order valence-corrected chi connectivity index (χ4v) is 2.17. The summed E-state index contributed by atoms with van der Waals surface area (Å²) in [4.78, 5) is 1.45. The van der Waals surface area contributed by atoms with Gasteiger partial charge in [0.1, 0.15) is 0 Å². The Morgan fingerprint density at radius 2 is 2.23 bits per heavy atom. The van der Waals surface area contributed by atoms with Crippen LogP contribution in [0.15, 0.2) is 23.6 Å². The number of rotatable bonds is 5. The van der Waals surface area contributed by atoms with E-state index in [1.165, 1.54) is 30.6 Å². The number of thiophene rings is 1. The van der Waals surface area contributed by atoms with Gasteiger partial charge in [-0.15, -0.1) is 11.3 Å². The van der Waals surface area contributed by atoms with E-state index in [0.29, 0.717) is 0 Å². The SMILES string of the molecule is CCC/C=C(\CCC)c1cccs1. The molecule has 1 rings (SSSR count). The van der Waals surface area contributed by atoms with Crippen molar-refractivity contribution in [2.75, 3.05) is 0 Å². The highest BCUT2D eigenvalue weighted by molar-refractivity contribution is 7.11. The zero-order chi connectivity index (χ0) is 9.52. The second-order valence-corrected chi connectivity index (χ2v) is 4.19. The molecule has 0 nitrogen and oxygen atoms in total. The van der Waals surface area contributed by atoms with Gasteiger partial charge in [-0.25, -0.2) is 0 Å². The predicted molar refractivity (Wildman–Crippen MR) is 62.1 cm³/mol. The molecule has 0 radical (unpaired) electrons. The molecular weight excluding hydrogens is 176 g/mol. The van der Waals surface area contributed by atoms with E-state index in [-0.39, 0.29) is 0 Å². The van der Waals surface area contributed by atoms with Gasteiger partial charge in [-0.2, -0.15) is 0 Å². The highest BCUT2D eigenvalue weighted by Gasteiger charge is 2.00. The molecule has 0 saturated heterocycles. The van der Waals surface area contributed by atoms with Gasteiger partial charge < -0.3 is 0 Å². The molecule has 72 valence electrons. The van der Waals surface area contributed by atoms with Crippen molar-refractivity contribution in [3.8, 4) is 0 Å². The van der Waals surface area contributed by atoms with Gasteiger partial charge in [-0.1, -0.05) is 38.8 Å². The molecule has 0 spiro atoms. The van der Waals surface area contributed by atoms with Crippen molar-refractivity contribution in [3.63, 3.8) is 0 Å². The number of unbranched alkanes of at least 4 members (excludes halogenated alkanes) is 1. The summed E-state index contributed by atoms with van der Waals surface area (Å²) in [5.41, 5.74) is 1.54. The van der Waals surface area contributed by atoms with Crippen LogP contribution in [-0.2, 0) is 0 Å². The van der Waals surface area contributed by atoms with Crippen LogP contribution in [0.3, 0.4) is 0 Å². The molecule has 1 heteroatoms. The van der Waals surface area contributed by atoms with Crippen LogP contribution in [0.4, 0.5) is 0 Å². The Morgan fingerprint density at radius 1 is 1.38 bits per heavy atom. The van der Waals surface area contributed by atoms with Crippen LogP contribution in [-0.4, -0.2) is 0 Å². The first-order valence-electron chi connectivity index (χ1n) is 5.11. The molecule has 0 aliphatic heterocycles. The summed E-state index contributed by atoms with van der Waals surface area (Å²) in [6.45, 7) is 4.47. The van der Waals surface area contributed by atoms with E-state index in [1.54, 1.807) is 5.57 Å². The van der Waals surface area contributed by atoms with Crippen molar-refractivity contribution in [3.05, 3.63) is 28.5 Å². The van der Waals surface area contributed by atoms with Crippen LogP contribution in [0.1, 0.15) is 44.4 Å². The van der Waals surface area contributed by atoms with Crippen LogP contribution in [0, 0.1) is 0 Å². The Balaban J connectivity index is 2.68. The molecule has 0 unspecified atom stereocenters. The molecule has 0 aliphatic rings. The molecule has 0 amide bonds. The van der Waals surface area contributed by atoms with Gasteiger partial charge in [0.15, 0.2) is 0 Å². The molecule has 0 fully saturated rings. The van der Waals surface area contributed by atoms with E-state index >= 15 is 0 Å². The van der Waals surface area contributed by atoms with E-state index in [1.807, 2.05) is 11.3 Å². The molecule has 0 N–H and O–H groups in total. The standard InChI is InChI=1S/C12H18S/c1-3-5-8-11(7-4-2)12-9-6-10-13-12/h6,8-10H,3-5,7H2,1-2H3/b11-8+. The first-order valence-corrected chi connectivity index (χ1v) is 5.99. The Bertz CT molecular complexity index is 244. The summed E-state index contributed by atoms with van der Waals surface area (Å²) in [5, 5.41) is 2.16. The van der Waals surface area contributed by atoms with Crippen molar-refractivity contribution < 1.29 is 0 Å². The second-order valence-electron chi connectivity index (χ2n) is 3.25. The first-order chi connectivity index (χ1) is 6.38. The van der Waals surface area contributed by atoms with E-state index in [9.17, 15) is 0 Å². The minimum atomic E-state index is 1.22. The Labute approximate surface area is 85.3 Å². The molecule has 1 aromatic heterocycles. The molecular formula is C12H18S. The monoisotopic (exact) mass is 194 g/mol. The largest absolute Gasteiger partial charge is 0.144 e. The highest BCUT2D eigenvalue weighted by atomic mass is 32.1. The van der Waals surface area contributed by atoms with Crippen molar-refractivity contribution in [1.29, 1.82) is 0 Å². The Hall–Kier alpha value is -0.560. The molecule has 0 saturated carbocycles. The maximum atomic E-state index is 2.40. The van der Waals surface area contributed by atoms with E-state index < -0.39 is 0 Å². The molecule has 1 aromatic rings. The third kappa shape index (κ3) is 3.35. The summed E-state index contributed by atoms with van der Waals surface area (Å²) < 4.78 is 0. The lowest BCUT2D eigenvalue weighted by atomic mass is 10.1. The van der Waals surface area contributed by atoms with Gasteiger partial charge >= 0.3 is 0 Å². The van der Waals surface area contributed by atoms with Crippen molar-refractivity contribution in [2.45, 2.75) is 39.5 Å². The zero-order valence-electron chi connectivity index (χ0n) is 8.55. The minimum absolute atomic E-state index is 1.22. The third-order valence-electron chi connectivity index (χ3n) is 2.04. The van der Waals surface area contributed by atoms with Crippen molar-refractivity contribution >= 4 is 16.9 Å². The predicted octanol–water partition coefficient (Wildman–Crippen LogP) is 4.73.